The fourth-order valence-electron chi connectivity index (χ4n) is 0.299. The van der Waals surface area contributed by atoms with Crippen molar-refractivity contribution in [3.05, 3.63) is 0 Å². The maximum absolute atomic E-state index is 8.02. The molecular formula is C4H8ClNSi. The second-order valence-corrected chi connectivity index (χ2v) is 3.52. The molecule has 0 amide bonds. The number of nitrogens with zero attached hydrogens (tertiary/aromatic N) is 1. The first-order valence-electron chi connectivity index (χ1n) is 2.34. The van der Waals surface area contributed by atoms with Crippen LogP contribution in [0.15, 0.2) is 0 Å². The zero-order valence-corrected chi connectivity index (χ0v) is 6.32. The van der Waals surface area contributed by atoms with E-state index in [4.69, 9.17) is 16.3 Å². The van der Waals surface area contributed by atoms with E-state index in [0.717, 1.165) is 12.5 Å². The summed E-state index contributed by atoms with van der Waals surface area (Å²) in [7, 11) is -0.285. The molecule has 0 heterocycles. The first-order valence-corrected chi connectivity index (χ1v) is 5.48. The monoisotopic (exact) mass is 133 g/mol. The molecule has 0 aliphatic heterocycles. The minimum absolute atomic E-state index is 0.285. The van der Waals surface area contributed by atoms with Gasteiger partial charge in [0.2, 0.25) is 0 Å². The Hall–Kier alpha value is -0.00312. The predicted molar refractivity (Wildman–Crippen MR) is 34.1 cm³/mol. The lowest BCUT2D eigenvalue weighted by atomic mass is 10.4. The summed E-state index contributed by atoms with van der Waals surface area (Å²) in [5.41, 5.74) is 0. The van der Waals surface area contributed by atoms with Gasteiger partial charge in [0.25, 0.3) is 0 Å². The average molecular weight is 134 g/mol. The Balaban J connectivity index is 2.60. The molecule has 0 atom stereocenters. The number of nitriles is 1. The van der Waals surface area contributed by atoms with Gasteiger partial charge in [0.15, 0.2) is 0 Å². The molecule has 0 radical (unpaired) electrons. The highest BCUT2D eigenvalue weighted by Crippen LogP contribution is 1.93. The topological polar surface area (TPSA) is 23.8 Å². The molecule has 40 valence electrons. The van der Waals surface area contributed by atoms with Gasteiger partial charge in [-0.2, -0.15) is 16.3 Å². The van der Waals surface area contributed by atoms with Crippen molar-refractivity contribution in [2.24, 2.45) is 0 Å². The standard InChI is InChI=1S/C4H8ClNSi/c5-7-4-2-1-3-6/h1-2,4,7H2. The molecule has 1 nitrogen and oxygen atoms in total. The lowest BCUT2D eigenvalue weighted by molar-refractivity contribution is 0.964. The van der Waals surface area contributed by atoms with E-state index in [1.807, 2.05) is 0 Å². The van der Waals surface area contributed by atoms with E-state index in [1.54, 1.807) is 0 Å². The van der Waals surface area contributed by atoms with Crippen LogP contribution >= 0.6 is 11.1 Å². The second kappa shape index (κ2) is 6.00. The van der Waals surface area contributed by atoms with E-state index in [2.05, 4.69) is 6.07 Å². The van der Waals surface area contributed by atoms with Gasteiger partial charge in [-0.15, -0.1) is 0 Å². The maximum atomic E-state index is 8.02. The fraction of sp³-hybridized carbons (Fsp3) is 0.750. The lowest BCUT2D eigenvalue weighted by Crippen LogP contribution is -1.75. The summed E-state index contributed by atoms with van der Waals surface area (Å²) >= 11 is 5.47. The van der Waals surface area contributed by atoms with E-state index in [0.29, 0.717) is 6.42 Å². The quantitative estimate of drug-likeness (QED) is 0.321. The molecule has 0 aromatic heterocycles. The van der Waals surface area contributed by atoms with E-state index in [-0.39, 0.29) is 8.83 Å². The summed E-state index contributed by atoms with van der Waals surface area (Å²) in [6, 6.07) is 3.17. The van der Waals surface area contributed by atoms with Gasteiger partial charge in [0.1, 0.15) is 8.83 Å². The molecule has 0 spiro atoms. The van der Waals surface area contributed by atoms with Crippen molar-refractivity contribution < 1.29 is 0 Å². The van der Waals surface area contributed by atoms with Gasteiger partial charge in [-0.1, -0.05) is 0 Å². The van der Waals surface area contributed by atoms with Crippen molar-refractivity contribution in [3.8, 4) is 6.07 Å². The molecule has 0 N–H and O–H groups in total. The van der Waals surface area contributed by atoms with E-state index >= 15 is 0 Å². The Morgan fingerprint density at radius 1 is 1.71 bits per heavy atom. The second-order valence-electron chi connectivity index (χ2n) is 1.30. The molecule has 3 heteroatoms. The van der Waals surface area contributed by atoms with Crippen molar-refractivity contribution in [3.63, 3.8) is 0 Å². The maximum Gasteiger partial charge on any atom is 0.125 e. The number of halogens is 1. The Bertz CT molecular complexity index is 68.6. The third-order valence-corrected chi connectivity index (χ3v) is 2.24. The third-order valence-electron chi connectivity index (χ3n) is 0.672. The van der Waals surface area contributed by atoms with Crippen LogP contribution in [-0.4, -0.2) is 8.83 Å². The Kier molecular flexibility index (Phi) is 5.99. The van der Waals surface area contributed by atoms with Crippen LogP contribution in [0.2, 0.25) is 6.04 Å². The SMILES string of the molecule is N#CCCC[SiH2]Cl. The number of rotatable bonds is 3. The largest absolute Gasteiger partial charge is 0.198 e. The van der Waals surface area contributed by atoms with Crippen molar-refractivity contribution in [1.82, 2.24) is 0 Å². The highest BCUT2D eigenvalue weighted by Gasteiger charge is 1.82. The van der Waals surface area contributed by atoms with Crippen LogP contribution in [0, 0.1) is 11.3 Å². The van der Waals surface area contributed by atoms with Gasteiger partial charge in [-0.05, 0) is 12.5 Å². The summed E-state index contributed by atoms with van der Waals surface area (Å²) in [5, 5.41) is 8.02. The van der Waals surface area contributed by atoms with Crippen molar-refractivity contribution in [1.29, 1.82) is 5.26 Å². The highest BCUT2D eigenvalue weighted by molar-refractivity contribution is 6.93. The number of unbranched alkanes of at least 4 members (excludes halogenated alkanes) is 1. The van der Waals surface area contributed by atoms with Crippen LogP contribution in [0.5, 0.6) is 0 Å². The van der Waals surface area contributed by atoms with Gasteiger partial charge in [-0.25, -0.2) is 0 Å². The molecule has 0 aliphatic rings. The Morgan fingerprint density at radius 3 is 2.86 bits per heavy atom. The predicted octanol–water partition coefficient (Wildman–Crippen LogP) is 1.03. The van der Waals surface area contributed by atoms with Gasteiger partial charge >= 0.3 is 0 Å². The molecule has 0 bridgehead atoms. The summed E-state index contributed by atoms with van der Waals surface area (Å²) < 4.78 is 0. The van der Waals surface area contributed by atoms with Gasteiger partial charge in [-0.3, -0.25) is 0 Å². The third kappa shape index (κ3) is 6.00. The van der Waals surface area contributed by atoms with Crippen molar-refractivity contribution in [2.75, 3.05) is 0 Å². The van der Waals surface area contributed by atoms with Crippen LogP contribution in [0.25, 0.3) is 0 Å². The molecule has 0 aromatic carbocycles. The first-order chi connectivity index (χ1) is 3.41. The van der Waals surface area contributed by atoms with Gasteiger partial charge in [0.05, 0.1) is 6.07 Å². The molecular weight excluding hydrogens is 126 g/mol. The molecule has 0 aliphatic carbocycles. The average Bonchev–Trinajstić information content (AvgIpc) is 1.69. The smallest absolute Gasteiger partial charge is 0.125 e. The van der Waals surface area contributed by atoms with Crippen LogP contribution in [0.3, 0.4) is 0 Å². The zero-order valence-electron chi connectivity index (χ0n) is 4.15. The highest BCUT2D eigenvalue weighted by atomic mass is 35.6. The lowest BCUT2D eigenvalue weighted by Gasteiger charge is -1.82. The van der Waals surface area contributed by atoms with Crippen molar-refractivity contribution >= 4 is 19.9 Å². The zero-order chi connectivity index (χ0) is 5.54. The number of hydrogen-bond donors (Lipinski definition) is 0. The van der Waals surface area contributed by atoms with E-state index in [9.17, 15) is 0 Å². The van der Waals surface area contributed by atoms with Crippen molar-refractivity contribution in [2.45, 2.75) is 18.9 Å². The Morgan fingerprint density at radius 2 is 2.43 bits per heavy atom. The van der Waals surface area contributed by atoms with Gasteiger partial charge in [0, 0.05) is 6.42 Å². The molecule has 0 saturated heterocycles. The Labute approximate surface area is 50.8 Å². The fourth-order valence-corrected chi connectivity index (χ4v) is 1.30. The molecule has 0 rings (SSSR count). The normalized spacial score (nSPS) is 9.71. The molecule has 0 saturated carbocycles. The van der Waals surface area contributed by atoms with Crippen LogP contribution in [0.4, 0.5) is 0 Å². The molecule has 0 unspecified atom stereocenters. The number of hydrogen-bond acceptors (Lipinski definition) is 1. The van der Waals surface area contributed by atoms with Crippen LogP contribution < -0.4 is 0 Å². The summed E-state index contributed by atoms with van der Waals surface area (Å²) in [6.45, 7) is 0. The van der Waals surface area contributed by atoms with E-state index in [1.165, 1.54) is 0 Å². The van der Waals surface area contributed by atoms with E-state index < -0.39 is 0 Å². The summed E-state index contributed by atoms with van der Waals surface area (Å²) in [6.07, 6.45) is 1.69. The molecule has 7 heavy (non-hydrogen) atoms. The summed E-state index contributed by atoms with van der Waals surface area (Å²) in [5.74, 6) is 0. The van der Waals surface area contributed by atoms with Gasteiger partial charge < -0.3 is 0 Å². The van der Waals surface area contributed by atoms with Crippen LogP contribution in [0.1, 0.15) is 12.8 Å². The molecule has 0 aromatic rings. The first kappa shape index (κ1) is 7.00. The summed E-state index contributed by atoms with van der Waals surface area (Å²) in [4.78, 5) is 0. The minimum atomic E-state index is -0.285. The van der Waals surface area contributed by atoms with Crippen LogP contribution in [-0.2, 0) is 0 Å². The minimum Gasteiger partial charge on any atom is -0.198 e. The molecule has 0 fully saturated rings.